The second kappa shape index (κ2) is 6.68. The average Bonchev–Trinajstić information content (AvgIpc) is 2.78. The summed E-state index contributed by atoms with van der Waals surface area (Å²) in [6.45, 7) is 3.86. The maximum absolute atomic E-state index is 12.2. The van der Waals surface area contributed by atoms with Crippen molar-refractivity contribution in [1.82, 2.24) is 5.32 Å². The van der Waals surface area contributed by atoms with Crippen LogP contribution in [0.15, 0.2) is 36.4 Å². The highest BCUT2D eigenvalue weighted by molar-refractivity contribution is 7.12. The molecule has 0 aliphatic rings. The van der Waals surface area contributed by atoms with Crippen LogP contribution in [-0.4, -0.2) is 23.7 Å². The first-order chi connectivity index (χ1) is 9.60. The zero-order valence-electron chi connectivity index (χ0n) is 11.7. The van der Waals surface area contributed by atoms with Gasteiger partial charge in [0.1, 0.15) is 0 Å². The molecule has 20 heavy (non-hydrogen) atoms. The summed E-state index contributed by atoms with van der Waals surface area (Å²) in [5, 5.41) is 12.3. The van der Waals surface area contributed by atoms with Crippen molar-refractivity contribution in [2.75, 3.05) is 6.61 Å². The van der Waals surface area contributed by atoms with Gasteiger partial charge in [0.15, 0.2) is 0 Å². The van der Waals surface area contributed by atoms with Crippen LogP contribution in [0.1, 0.15) is 25.7 Å². The van der Waals surface area contributed by atoms with E-state index >= 15 is 0 Å². The summed E-state index contributed by atoms with van der Waals surface area (Å²) in [4.78, 5) is 14.4. The molecule has 0 spiro atoms. The van der Waals surface area contributed by atoms with Crippen molar-refractivity contribution in [3.63, 3.8) is 0 Å². The fraction of sp³-hybridized carbons (Fsp3) is 0.312. The average molecular weight is 289 g/mol. The lowest BCUT2D eigenvalue weighted by molar-refractivity contribution is 0.0916. The molecule has 2 N–H and O–H groups in total. The Hall–Kier alpha value is -1.65. The molecule has 2 rings (SSSR count). The number of benzene rings is 1. The Morgan fingerprint density at radius 1 is 1.30 bits per heavy atom. The van der Waals surface area contributed by atoms with Crippen LogP contribution < -0.4 is 5.32 Å². The third-order valence-electron chi connectivity index (χ3n) is 3.17. The van der Waals surface area contributed by atoms with Gasteiger partial charge in [-0.2, -0.15) is 0 Å². The van der Waals surface area contributed by atoms with Crippen molar-refractivity contribution < 1.29 is 9.90 Å². The van der Waals surface area contributed by atoms with Crippen molar-refractivity contribution in [1.29, 1.82) is 0 Å². The Labute approximate surface area is 123 Å². The normalized spacial score (nSPS) is 12.2. The van der Waals surface area contributed by atoms with Gasteiger partial charge >= 0.3 is 0 Å². The summed E-state index contributed by atoms with van der Waals surface area (Å²) in [6.07, 6.45) is 0.630. The maximum Gasteiger partial charge on any atom is 0.252 e. The van der Waals surface area contributed by atoms with Crippen LogP contribution in [-0.2, 0) is 6.42 Å². The van der Waals surface area contributed by atoms with Crippen molar-refractivity contribution in [2.45, 2.75) is 26.3 Å². The van der Waals surface area contributed by atoms with Crippen LogP contribution in [0.25, 0.3) is 0 Å². The molecule has 0 bridgehead atoms. The fourth-order valence-electron chi connectivity index (χ4n) is 2.18. The largest absolute Gasteiger partial charge is 0.394 e. The predicted molar refractivity (Wildman–Crippen MR) is 82.3 cm³/mol. The molecular weight excluding hydrogens is 270 g/mol. The number of hydrogen-bond donors (Lipinski definition) is 2. The Balaban J connectivity index is 2.03. The van der Waals surface area contributed by atoms with Gasteiger partial charge in [0.25, 0.3) is 5.91 Å². The van der Waals surface area contributed by atoms with E-state index < -0.39 is 0 Å². The van der Waals surface area contributed by atoms with E-state index in [1.807, 2.05) is 50.2 Å². The lowest BCUT2D eigenvalue weighted by Crippen LogP contribution is -2.39. The molecule has 4 heteroatoms. The van der Waals surface area contributed by atoms with Crippen molar-refractivity contribution in [3.05, 3.63) is 57.3 Å². The van der Waals surface area contributed by atoms with E-state index in [1.165, 1.54) is 0 Å². The minimum Gasteiger partial charge on any atom is -0.394 e. The lowest BCUT2D eigenvalue weighted by atomic mass is 10.1. The Bertz CT molecular complexity index is 577. The van der Waals surface area contributed by atoms with Crippen LogP contribution in [0, 0.1) is 13.8 Å². The van der Waals surface area contributed by atoms with Crippen LogP contribution in [0.5, 0.6) is 0 Å². The second-order valence-corrected chi connectivity index (χ2v) is 6.33. The fourth-order valence-corrected chi connectivity index (χ4v) is 3.10. The number of aliphatic hydroxyl groups is 1. The highest BCUT2D eigenvalue weighted by Gasteiger charge is 2.16. The van der Waals surface area contributed by atoms with E-state index in [2.05, 4.69) is 5.32 Å². The molecule has 0 unspecified atom stereocenters. The minimum atomic E-state index is -0.260. The summed E-state index contributed by atoms with van der Waals surface area (Å²) in [6, 6.07) is 11.5. The number of aliphatic hydroxyl groups excluding tert-OH is 1. The predicted octanol–water partition coefficient (Wildman–Crippen LogP) is 2.70. The molecule has 0 aliphatic heterocycles. The molecule has 3 nitrogen and oxygen atoms in total. The summed E-state index contributed by atoms with van der Waals surface area (Å²) in [5.74, 6) is -0.109. The molecule has 1 aromatic carbocycles. The molecule has 0 fully saturated rings. The third-order valence-corrected chi connectivity index (χ3v) is 4.13. The molecule has 0 radical (unpaired) electrons. The van der Waals surface area contributed by atoms with Gasteiger partial charge in [-0.25, -0.2) is 0 Å². The monoisotopic (exact) mass is 289 g/mol. The molecular formula is C16H19NO2S. The van der Waals surface area contributed by atoms with Gasteiger partial charge in [0, 0.05) is 9.75 Å². The van der Waals surface area contributed by atoms with Crippen LogP contribution in [0.4, 0.5) is 0 Å². The third kappa shape index (κ3) is 3.68. The van der Waals surface area contributed by atoms with E-state index in [1.54, 1.807) is 11.3 Å². The van der Waals surface area contributed by atoms with Gasteiger partial charge in [-0.1, -0.05) is 30.3 Å². The topological polar surface area (TPSA) is 49.3 Å². The van der Waals surface area contributed by atoms with E-state index in [9.17, 15) is 9.90 Å². The van der Waals surface area contributed by atoms with Gasteiger partial charge < -0.3 is 10.4 Å². The Morgan fingerprint density at radius 2 is 2.00 bits per heavy atom. The molecule has 0 aliphatic carbocycles. The van der Waals surface area contributed by atoms with Crippen molar-refractivity contribution >= 4 is 17.2 Å². The quantitative estimate of drug-likeness (QED) is 0.889. The SMILES string of the molecule is Cc1cc(C(=O)N[C@H](CO)Cc2ccccc2)c(C)s1. The number of nitrogens with one attached hydrogen (secondary N) is 1. The number of carbonyl (C=O) groups excluding carboxylic acids is 1. The number of amides is 1. The zero-order chi connectivity index (χ0) is 14.5. The van der Waals surface area contributed by atoms with E-state index in [4.69, 9.17) is 0 Å². The number of thiophene rings is 1. The number of hydrogen-bond acceptors (Lipinski definition) is 3. The molecule has 1 heterocycles. The molecule has 1 atom stereocenters. The standard InChI is InChI=1S/C16H19NO2S/c1-11-8-15(12(2)20-11)16(19)17-14(10-18)9-13-6-4-3-5-7-13/h3-8,14,18H,9-10H2,1-2H3,(H,17,19)/t14-/m0/s1. The highest BCUT2D eigenvalue weighted by Crippen LogP contribution is 2.20. The number of aryl methyl sites for hydroxylation is 2. The van der Waals surface area contributed by atoms with Crippen molar-refractivity contribution in [2.24, 2.45) is 0 Å². The Kier molecular flexibility index (Phi) is 4.93. The molecule has 1 aromatic heterocycles. The molecule has 0 saturated heterocycles. The zero-order valence-corrected chi connectivity index (χ0v) is 12.5. The molecule has 0 saturated carbocycles. The Morgan fingerprint density at radius 3 is 2.55 bits per heavy atom. The van der Waals surface area contributed by atoms with Gasteiger partial charge in [-0.15, -0.1) is 11.3 Å². The first-order valence-corrected chi connectivity index (χ1v) is 7.44. The second-order valence-electron chi connectivity index (χ2n) is 4.87. The van der Waals surface area contributed by atoms with Crippen molar-refractivity contribution in [3.8, 4) is 0 Å². The highest BCUT2D eigenvalue weighted by atomic mass is 32.1. The van der Waals surface area contributed by atoms with Gasteiger partial charge in [-0.05, 0) is 31.9 Å². The first-order valence-electron chi connectivity index (χ1n) is 6.63. The van der Waals surface area contributed by atoms with Gasteiger partial charge in [-0.3, -0.25) is 4.79 Å². The van der Waals surface area contributed by atoms with Crippen LogP contribution >= 0.6 is 11.3 Å². The summed E-state index contributed by atoms with van der Waals surface area (Å²) < 4.78 is 0. The maximum atomic E-state index is 12.2. The van der Waals surface area contributed by atoms with Crippen LogP contribution in [0.2, 0.25) is 0 Å². The lowest BCUT2D eigenvalue weighted by Gasteiger charge is -2.16. The van der Waals surface area contributed by atoms with E-state index in [-0.39, 0.29) is 18.6 Å². The molecule has 2 aromatic rings. The summed E-state index contributed by atoms with van der Waals surface area (Å²) in [5.41, 5.74) is 1.81. The minimum absolute atomic E-state index is 0.0667. The summed E-state index contributed by atoms with van der Waals surface area (Å²) in [7, 11) is 0. The molecule has 1 amide bonds. The number of carbonyl (C=O) groups is 1. The molecule has 106 valence electrons. The smallest absolute Gasteiger partial charge is 0.252 e. The van der Waals surface area contributed by atoms with Gasteiger partial charge in [0.05, 0.1) is 18.2 Å². The number of rotatable bonds is 5. The van der Waals surface area contributed by atoms with Crippen LogP contribution in [0.3, 0.4) is 0 Å². The van der Waals surface area contributed by atoms with E-state index in [0.717, 1.165) is 15.3 Å². The first kappa shape index (κ1) is 14.8. The summed E-state index contributed by atoms with van der Waals surface area (Å²) >= 11 is 1.61. The van der Waals surface area contributed by atoms with E-state index in [0.29, 0.717) is 12.0 Å². The van der Waals surface area contributed by atoms with Gasteiger partial charge in [0.2, 0.25) is 0 Å².